The molecule has 4 atom stereocenters. The number of ether oxygens (including phenoxy) is 2. The summed E-state index contributed by atoms with van der Waals surface area (Å²) in [7, 11) is -3.93. The lowest BCUT2D eigenvalue weighted by Gasteiger charge is -2.23. The zero-order valence-corrected chi connectivity index (χ0v) is 23.7. The molecular weight excluding hydrogens is 570 g/mol. The average Bonchev–Trinajstić information content (AvgIpc) is 3.17. The molecule has 0 radical (unpaired) electrons. The van der Waals surface area contributed by atoms with Gasteiger partial charge in [-0.05, 0) is 37.6 Å². The maximum absolute atomic E-state index is 14.1. The molecule has 208 valence electrons. The van der Waals surface area contributed by atoms with Crippen molar-refractivity contribution in [3.8, 4) is 11.5 Å². The number of H-pyrrole nitrogens is 1. The number of aromatic nitrogens is 2. The molecule has 0 spiro atoms. The molecule has 4 rings (SSSR count). The molecule has 0 amide bonds. The third kappa shape index (κ3) is 6.76. The van der Waals surface area contributed by atoms with Gasteiger partial charge in [-0.25, -0.2) is 9.36 Å². The van der Waals surface area contributed by atoms with Crippen LogP contribution in [0.25, 0.3) is 0 Å². The highest BCUT2D eigenvalue weighted by atomic mass is 35.5. The lowest BCUT2D eigenvalue weighted by atomic mass is 9.98. The summed E-state index contributed by atoms with van der Waals surface area (Å²) in [5.74, 6) is -0.654. The van der Waals surface area contributed by atoms with Crippen LogP contribution in [0.2, 0.25) is 10.0 Å². The number of hydrogen-bond donors (Lipinski definition) is 1. The third-order valence-electron chi connectivity index (χ3n) is 6.26. The van der Waals surface area contributed by atoms with Crippen LogP contribution < -0.4 is 20.3 Å². The number of nitrogens with one attached hydrogen (secondary N) is 1. The summed E-state index contributed by atoms with van der Waals surface area (Å²) >= 11 is 12.5. The van der Waals surface area contributed by atoms with Crippen LogP contribution in [0.3, 0.4) is 0 Å². The highest BCUT2D eigenvalue weighted by Gasteiger charge is 2.46. The van der Waals surface area contributed by atoms with Gasteiger partial charge in [-0.15, -0.1) is 0 Å². The van der Waals surface area contributed by atoms with E-state index in [4.69, 9.17) is 41.7 Å². The van der Waals surface area contributed by atoms with Gasteiger partial charge in [0.2, 0.25) is 0 Å². The lowest BCUT2D eigenvalue weighted by molar-refractivity contribution is -0.153. The van der Waals surface area contributed by atoms with E-state index in [2.05, 4.69) is 4.98 Å². The lowest BCUT2D eigenvalue weighted by Crippen LogP contribution is -2.38. The highest BCUT2D eigenvalue weighted by molar-refractivity contribution is 7.54. The zero-order valence-electron chi connectivity index (χ0n) is 21.3. The second-order valence-electron chi connectivity index (χ2n) is 9.14. The molecular formula is C26H27Cl2N2O8P. The van der Waals surface area contributed by atoms with E-state index in [0.717, 1.165) is 0 Å². The first-order chi connectivity index (χ1) is 18.5. The number of nitrogens with zero attached hydrogens (tertiary/aromatic N) is 1. The van der Waals surface area contributed by atoms with Crippen molar-refractivity contribution in [2.24, 2.45) is 5.92 Å². The summed E-state index contributed by atoms with van der Waals surface area (Å²) in [5, 5.41) is 0.488. The van der Waals surface area contributed by atoms with E-state index in [1.54, 1.807) is 62.4 Å². The Kier molecular flexibility index (Phi) is 8.91. The van der Waals surface area contributed by atoms with Crippen molar-refractivity contribution in [3.05, 3.63) is 91.2 Å². The maximum Gasteiger partial charge on any atom is 0.430 e. The van der Waals surface area contributed by atoms with Crippen LogP contribution in [0.1, 0.15) is 32.1 Å². The molecule has 1 saturated heterocycles. The standard InChI is InChI=1S/C26H27Cl2N2O8P/c1-15-14-30(26(33)29-24(15)32)25-23(35-17(3)31)16(2)20(36-25)12-13-39(34,37-21-10-6-4-8-18(21)27)38-22-11-7-5-9-19(22)28/h4-11,14,16,20,23,25H,12-13H2,1-3H3,(H,29,32,33)/t16-,20-,23-,25-/m1/s1. The van der Waals surface area contributed by atoms with Crippen molar-refractivity contribution in [1.82, 2.24) is 9.55 Å². The molecule has 0 unspecified atom stereocenters. The predicted octanol–water partition coefficient (Wildman–Crippen LogP) is 5.36. The Labute approximate surface area is 234 Å². The Morgan fingerprint density at radius 2 is 1.62 bits per heavy atom. The van der Waals surface area contributed by atoms with Crippen molar-refractivity contribution in [2.75, 3.05) is 6.16 Å². The number of carbonyl (C=O) groups is 1. The fraction of sp³-hybridized carbons (Fsp3) is 0.346. The smallest absolute Gasteiger partial charge is 0.430 e. The van der Waals surface area contributed by atoms with Gasteiger partial charge < -0.3 is 18.5 Å². The Hall–Kier alpha value is -3.04. The number of rotatable bonds is 9. The van der Waals surface area contributed by atoms with Gasteiger partial charge in [0.25, 0.3) is 5.56 Å². The van der Waals surface area contributed by atoms with Crippen LogP contribution in [0.4, 0.5) is 0 Å². The minimum Gasteiger partial charge on any atom is -0.457 e. The summed E-state index contributed by atoms with van der Waals surface area (Å²) < 4.78 is 38.6. The van der Waals surface area contributed by atoms with Gasteiger partial charge in [0.1, 0.15) is 11.5 Å². The fourth-order valence-electron chi connectivity index (χ4n) is 4.27. The van der Waals surface area contributed by atoms with E-state index in [9.17, 15) is 18.9 Å². The Balaban J connectivity index is 1.62. The molecule has 0 saturated carbocycles. The predicted molar refractivity (Wildman–Crippen MR) is 146 cm³/mol. The van der Waals surface area contributed by atoms with Crippen molar-refractivity contribution < 1.29 is 27.9 Å². The third-order valence-corrected chi connectivity index (χ3v) is 8.64. The number of hydrogen-bond acceptors (Lipinski definition) is 8. The number of aromatic amines is 1. The topological polar surface area (TPSA) is 126 Å². The monoisotopic (exact) mass is 596 g/mol. The van der Waals surface area contributed by atoms with Crippen LogP contribution >= 0.6 is 30.8 Å². The van der Waals surface area contributed by atoms with Gasteiger partial charge in [0, 0.05) is 24.6 Å². The molecule has 1 N–H and O–H groups in total. The SMILES string of the molecule is CC(=O)O[C@@H]1[C@H](C)[C@@H](CCP(=O)(Oc2ccccc2Cl)Oc2ccccc2Cl)O[C@H]1n1cc(C)c(=O)[nH]c1=O. The fourth-order valence-corrected chi connectivity index (χ4v) is 6.44. The number of halogens is 2. The van der Waals surface area contributed by atoms with Crippen molar-refractivity contribution in [2.45, 2.75) is 45.6 Å². The summed E-state index contributed by atoms with van der Waals surface area (Å²) in [6, 6.07) is 13.1. The van der Waals surface area contributed by atoms with Crippen LogP contribution in [0, 0.1) is 12.8 Å². The molecule has 13 heteroatoms. The first-order valence-electron chi connectivity index (χ1n) is 12.1. The molecule has 1 fully saturated rings. The molecule has 2 heterocycles. The van der Waals surface area contributed by atoms with Gasteiger partial charge in [-0.2, -0.15) is 0 Å². The first kappa shape index (κ1) is 29.0. The van der Waals surface area contributed by atoms with Crippen molar-refractivity contribution in [1.29, 1.82) is 0 Å². The summed E-state index contributed by atoms with van der Waals surface area (Å²) in [4.78, 5) is 38.6. The van der Waals surface area contributed by atoms with Crippen molar-refractivity contribution >= 4 is 36.8 Å². The molecule has 0 bridgehead atoms. The van der Waals surface area contributed by atoms with Gasteiger partial charge in [0.15, 0.2) is 12.3 Å². The number of benzene rings is 2. The number of aryl methyl sites for hydroxylation is 1. The second-order valence-corrected chi connectivity index (χ2v) is 12.0. The molecule has 3 aromatic rings. The van der Waals surface area contributed by atoms with Crippen molar-refractivity contribution in [3.63, 3.8) is 0 Å². The van der Waals surface area contributed by atoms with E-state index < -0.39 is 49.2 Å². The zero-order chi connectivity index (χ0) is 28.3. The Morgan fingerprint density at radius 1 is 1.05 bits per heavy atom. The maximum atomic E-state index is 14.1. The minimum absolute atomic E-state index is 0.127. The van der Waals surface area contributed by atoms with E-state index in [0.29, 0.717) is 0 Å². The van der Waals surface area contributed by atoms with Crippen LogP contribution in [-0.4, -0.2) is 33.9 Å². The molecule has 39 heavy (non-hydrogen) atoms. The average molecular weight is 597 g/mol. The van der Waals surface area contributed by atoms with E-state index in [1.807, 2.05) is 0 Å². The molecule has 2 aromatic carbocycles. The summed E-state index contributed by atoms with van der Waals surface area (Å²) in [6.45, 7) is 4.58. The van der Waals surface area contributed by atoms with Gasteiger partial charge >= 0.3 is 19.3 Å². The molecule has 10 nitrogen and oxygen atoms in total. The molecule has 1 aromatic heterocycles. The number of esters is 1. The molecule has 0 aliphatic carbocycles. The van der Waals surface area contributed by atoms with E-state index in [-0.39, 0.29) is 39.7 Å². The van der Waals surface area contributed by atoms with Gasteiger partial charge in [-0.1, -0.05) is 54.4 Å². The van der Waals surface area contributed by atoms with Crippen LogP contribution in [0.5, 0.6) is 11.5 Å². The Bertz CT molecular complexity index is 1470. The van der Waals surface area contributed by atoms with Gasteiger partial charge in [0.05, 0.1) is 22.3 Å². The Morgan fingerprint density at radius 3 is 2.15 bits per heavy atom. The van der Waals surface area contributed by atoms with E-state index in [1.165, 1.54) is 17.7 Å². The van der Waals surface area contributed by atoms with Gasteiger partial charge in [-0.3, -0.25) is 19.1 Å². The molecule has 1 aliphatic rings. The molecule has 1 aliphatic heterocycles. The van der Waals surface area contributed by atoms with E-state index >= 15 is 0 Å². The summed E-state index contributed by atoms with van der Waals surface area (Å²) in [6.07, 6.45) is -1.15. The van der Waals surface area contributed by atoms with Crippen LogP contribution in [-0.2, 0) is 18.8 Å². The number of carbonyl (C=O) groups excluding carboxylic acids is 1. The minimum atomic E-state index is -3.93. The normalized spacial score (nSPS) is 20.9. The second kappa shape index (κ2) is 12.0. The quantitative estimate of drug-likeness (QED) is 0.258. The highest BCUT2D eigenvalue weighted by Crippen LogP contribution is 2.52. The number of para-hydroxylation sites is 2. The first-order valence-corrected chi connectivity index (χ1v) is 14.6. The van der Waals surface area contributed by atoms with Crippen LogP contribution in [0.15, 0.2) is 64.3 Å². The summed E-state index contributed by atoms with van der Waals surface area (Å²) in [5.41, 5.74) is -0.964. The largest absolute Gasteiger partial charge is 0.457 e.